The predicted octanol–water partition coefficient (Wildman–Crippen LogP) is 7.89. The number of carbonyl (C=O) groups excluding carboxylic acids is 1. The van der Waals surface area contributed by atoms with Gasteiger partial charge in [0.2, 0.25) is 5.91 Å². The van der Waals surface area contributed by atoms with Gasteiger partial charge >= 0.3 is 5.97 Å². The third-order valence-electron chi connectivity index (χ3n) is 11.3. The molecule has 10 nitrogen and oxygen atoms in total. The molecule has 0 unspecified atom stereocenters. The molecule has 2 saturated carbocycles. The first-order chi connectivity index (χ1) is 25.6. The summed E-state index contributed by atoms with van der Waals surface area (Å²) in [5, 5.41) is 23.3. The van der Waals surface area contributed by atoms with Crippen LogP contribution < -0.4 is 26.0 Å². The van der Waals surface area contributed by atoms with Gasteiger partial charge in [0.15, 0.2) is 11.6 Å². The second-order valence-electron chi connectivity index (χ2n) is 14.6. The number of ether oxygens (including phenoxy) is 1. The van der Waals surface area contributed by atoms with Gasteiger partial charge in [-0.1, -0.05) is 47.5 Å². The van der Waals surface area contributed by atoms with E-state index in [1.807, 2.05) is 30.3 Å². The molecule has 53 heavy (non-hydrogen) atoms. The first kappa shape index (κ1) is 37.0. The summed E-state index contributed by atoms with van der Waals surface area (Å²) in [7, 11) is 1.62. The summed E-state index contributed by atoms with van der Waals surface area (Å²) in [5.41, 5.74) is 4.04. The lowest BCUT2D eigenvalue weighted by atomic mass is 9.80. The van der Waals surface area contributed by atoms with Crippen molar-refractivity contribution < 1.29 is 23.8 Å². The average molecular weight is 762 g/mol. The standard InChI is InChI=1S/C40H43Cl2FN6O4/c1-53-31-19-24(5-6-25(31)20-45-22-27-7-8-32(50)48-27)36-34(42)29(10-17-46-36)28-3-2-4-30(33(28)41)49-37-35(43)26(9-16-47-37)21-44-18-15-39-11-13-40(23-39,14-12-39)38(51)52/h2-6,9-10,16-17,19,27,44-45H,7-8,11-15,18,20-23H2,1H3,(H,47,49)(H,48,50)(H,51,52)/t27-,39?,40?/m0/s1. The van der Waals surface area contributed by atoms with Crippen molar-refractivity contribution in [3.8, 4) is 28.1 Å². The van der Waals surface area contributed by atoms with Crippen molar-refractivity contribution >= 4 is 46.6 Å². The van der Waals surface area contributed by atoms with Crippen LogP contribution in [0.3, 0.4) is 0 Å². The second kappa shape index (κ2) is 15.6. The number of nitrogens with zero attached hydrogens (tertiary/aromatic N) is 2. The molecule has 1 atom stereocenters. The number of aromatic nitrogens is 2. The van der Waals surface area contributed by atoms with Crippen LogP contribution in [-0.4, -0.2) is 53.2 Å². The number of amides is 1. The molecule has 278 valence electrons. The van der Waals surface area contributed by atoms with Crippen molar-refractivity contribution in [3.63, 3.8) is 0 Å². The fourth-order valence-corrected chi connectivity index (χ4v) is 8.91. The van der Waals surface area contributed by atoms with Crippen LogP contribution in [0.25, 0.3) is 22.4 Å². The van der Waals surface area contributed by atoms with Crippen molar-refractivity contribution in [3.05, 3.63) is 87.9 Å². The molecule has 7 rings (SSSR count). The van der Waals surface area contributed by atoms with Crippen molar-refractivity contribution in [2.45, 2.75) is 70.5 Å². The number of halogens is 3. The van der Waals surface area contributed by atoms with Crippen LogP contribution in [-0.2, 0) is 22.7 Å². The van der Waals surface area contributed by atoms with E-state index in [9.17, 15) is 14.7 Å². The summed E-state index contributed by atoms with van der Waals surface area (Å²) in [6.45, 7) is 2.23. The Morgan fingerprint density at radius 2 is 1.77 bits per heavy atom. The highest BCUT2D eigenvalue weighted by molar-refractivity contribution is 6.39. The van der Waals surface area contributed by atoms with Crippen molar-refractivity contribution in [2.24, 2.45) is 10.8 Å². The van der Waals surface area contributed by atoms with Gasteiger partial charge in [0, 0.05) is 72.3 Å². The number of hydrogen-bond acceptors (Lipinski definition) is 8. The summed E-state index contributed by atoms with van der Waals surface area (Å²) in [5.74, 6) is -0.320. The maximum atomic E-state index is 15.7. The number of fused-ring (bicyclic) bond motifs is 2. The number of nitrogens with one attached hydrogen (secondary N) is 4. The lowest BCUT2D eigenvalue weighted by Crippen LogP contribution is -2.35. The maximum absolute atomic E-state index is 15.7. The lowest BCUT2D eigenvalue weighted by Gasteiger charge is -2.26. The minimum Gasteiger partial charge on any atom is -0.496 e. The van der Waals surface area contributed by atoms with Crippen LogP contribution in [0.15, 0.2) is 60.9 Å². The molecule has 1 saturated heterocycles. The Balaban J connectivity index is 1.02. The molecule has 2 aromatic carbocycles. The Bertz CT molecular complexity index is 2020. The van der Waals surface area contributed by atoms with E-state index < -0.39 is 17.2 Å². The fraction of sp³-hybridized carbons (Fsp3) is 0.400. The van der Waals surface area contributed by atoms with Crippen LogP contribution in [0, 0.1) is 16.6 Å². The Morgan fingerprint density at radius 3 is 2.51 bits per heavy atom. The summed E-state index contributed by atoms with van der Waals surface area (Å²) in [4.78, 5) is 32.2. The normalized spacial score (nSPS) is 21.9. The van der Waals surface area contributed by atoms with Crippen LogP contribution in [0.2, 0.25) is 10.0 Å². The van der Waals surface area contributed by atoms with Crippen molar-refractivity contribution in [2.75, 3.05) is 25.5 Å². The number of pyridine rings is 2. The molecule has 2 aliphatic carbocycles. The van der Waals surface area contributed by atoms with Gasteiger partial charge in [0.05, 0.1) is 34.0 Å². The number of carbonyl (C=O) groups is 2. The molecular formula is C40H43Cl2FN6O4. The molecule has 4 aromatic rings. The smallest absolute Gasteiger partial charge is 0.309 e. The lowest BCUT2D eigenvalue weighted by molar-refractivity contribution is -0.148. The zero-order valence-electron chi connectivity index (χ0n) is 29.5. The minimum absolute atomic E-state index is 0.0518. The minimum atomic E-state index is -0.663. The fourth-order valence-electron chi connectivity index (χ4n) is 8.31. The first-order valence-corrected chi connectivity index (χ1v) is 18.8. The van der Waals surface area contributed by atoms with E-state index in [1.54, 1.807) is 37.7 Å². The van der Waals surface area contributed by atoms with Gasteiger partial charge in [-0.05, 0) is 81.2 Å². The molecule has 3 heterocycles. The van der Waals surface area contributed by atoms with Gasteiger partial charge in [-0.15, -0.1) is 0 Å². The Kier molecular flexibility index (Phi) is 10.9. The Hall–Kier alpha value is -4.29. The van der Waals surface area contributed by atoms with E-state index in [-0.39, 0.29) is 23.2 Å². The van der Waals surface area contributed by atoms with Gasteiger partial charge in [-0.3, -0.25) is 14.6 Å². The number of anilines is 2. The summed E-state index contributed by atoms with van der Waals surface area (Å²) >= 11 is 14.0. The molecule has 3 fully saturated rings. The summed E-state index contributed by atoms with van der Waals surface area (Å²) < 4.78 is 21.5. The monoisotopic (exact) mass is 760 g/mol. The van der Waals surface area contributed by atoms with Crippen LogP contribution in [0.4, 0.5) is 15.9 Å². The predicted molar refractivity (Wildman–Crippen MR) is 204 cm³/mol. The van der Waals surface area contributed by atoms with Crippen LogP contribution in [0.1, 0.15) is 62.5 Å². The molecule has 3 aliphatic rings. The molecule has 5 N–H and O–H groups in total. The number of carboxylic acids is 1. The zero-order chi connectivity index (χ0) is 37.2. The topological polar surface area (TPSA) is 138 Å². The van der Waals surface area contributed by atoms with Crippen molar-refractivity contribution in [1.29, 1.82) is 0 Å². The van der Waals surface area contributed by atoms with Crippen LogP contribution >= 0.6 is 23.2 Å². The van der Waals surface area contributed by atoms with E-state index in [0.29, 0.717) is 76.5 Å². The molecule has 1 aliphatic heterocycles. The number of aliphatic carboxylic acids is 1. The molecule has 13 heteroatoms. The number of carboxylic acid groups (broad SMARTS) is 1. The van der Waals surface area contributed by atoms with Gasteiger partial charge < -0.3 is 31.1 Å². The highest BCUT2D eigenvalue weighted by Gasteiger charge is 2.57. The number of rotatable bonds is 15. The Labute approximate surface area is 318 Å². The third kappa shape index (κ3) is 7.71. The number of hydrogen-bond donors (Lipinski definition) is 5. The molecule has 0 radical (unpaired) electrons. The molecule has 1 amide bonds. The zero-order valence-corrected chi connectivity index (χ0v) is 31.0. The number of methoxy groups -OCH3 is 1. The highest BCUT2D eigenvalue weighted by atomic mass is 35.5. The molecular weight excluding hydrogens is 718 g/mol. The van der Waals surface area contributed by atoms with E-state index >= 15 is 4.39 Å². The second-order valence-corrected chi connectivity index (χ2v) is 15.4. The van der Waals surface area contributed by atoms with E-state index in [2.05, 4.69) is 31.2 Å². The van der Waals surface area contributed by atoms with E-state index in [1.165, 1.54) is 0 Å². The average Bonchev–Trinajstić information content (AvgIpc) is 3.87. The highest BCUT2D eigenvalue weighted by Crippen LogP contribution is 2.63. The number of benzene rings is 2. The quantitative estimate of drug-likeness (QED) is 0.0767. The largest absolute Gasteiger partial charge is 0.496 e. The summed E-state index contributed by atoms with van der Waals surface area (Å²) in [6.07, 6.45) is 9.62. The Morgan fingerprint density at radius 1 is 1.00 bits per heavy atom. The van der Waals surface area contributed by atoms with Gasteiger partial charge in [0.25, 0.3) is 0 Å². The van der Waals surface area contributed by atoms with Gasteiger partial charge in [0.1, 0.15) is 5.75 Å². The summed E-state index contributed by atoms with van der Waals surface area (Å²) in [6, 6.07) is 14.8. The molecule has 2 bridgehead atoms. The van der Waals surface area contributed by atoms with Crippen LogP contribution in [0.5, 0.6) is 5.75 Å². The van der Waals surface area contributed by atoms with Crippen molar-refractivity contribution in [1.82, 2.24) is 25.9 Å². The maximum Gasteiger partial charge on any atom is 0.309 e. The first-order valence-electron chi connectivity index (χ1n) is 18.1. The third-order valence-corrected chi connectivity index (χ3v) is 12.1. The van der Waals surface area contributed by atoms with Gasteiger partial charge in [-0.25, -0.2) is 9.37 Å². The van der Waals surface area contributed by atoms with E-state index in [4.69, 9.17) is 27.9 Å². The van der Waals surface area contributed by atoms with E-state index in [0.717, 1.165) is 56.1 Å². The van der Waals surface area contributed by atoms with Gasteiger partial charge in [-0.2, -0.15) is 0 Å². The molecule has 0 spiro atoms. The SMILES string of the molecule is COc1cc(-c2nccc(-c3cccc(Nc4nccc(CNCCC56CCC(C(=O)O)(CC5)C6)c4F)c3Cl)c2Cl)ccc1CNC[C@@H]1CCC(=O)N1. The molecule has 2 aromatic heterocycles.